The maximum atomic E-state index is 12.9. The molecule has 0 saturated carbocycles. The molecule has 1 N–H and O–H groups in total. The normalized spacial score (nSPS) is 14.9. The molecule has 3 amide bonds. The lowest BCUT2D eigenvalue weighted by molar-refractivity contribution is -0.123. The Morgan fingerprint density at radius 1 is 1.00 bits per heavy atom. The number of imide groups is 1. The van der Waals surface area contributed by atoms with Gasteiger partial charge in [-0.2, -0.15) is 0 Å². The number of aryl methyl sites for hydroxylation is 1. The Kier molecular flexibility index (Phi) is 5.80. The average molecular weight is 449 g/mol. The van der Waals surface area contributed by atoms with Gasteiger partial charge in [0, 0.05) is 41.9 Å². The number of carbonyl (C=O) groups is 2. The summed E-state index contributed by atoms with van der Waals surface area (Å²) >= 11 is 5.92. The zero-order valence-electron chi connectivity index (χ0n) is 18.5. The fraction of sp³-hybridized carbons (Fsp3) is 0.200. The van der Waals surface area contributed by atoms with Gasteiger partial charge < -0.3 is 14.8 Å². The lowest BCUT2D eigenvalue weighted by atomic mass is 10.2. The van der Waals surface area contributed by atoms with Gasteiger partial charge in [-0.3, -0.25) is 9.69 Å². The zero-order valence-corrected chi connectivity index (χ0v) is 19.3. The van der Waals surface area contributed by atoms with E-state index in [1.165, 1.54) is 4.90 Å². The van der Waals surface area contributed by atoms with Gasteiger partial charge in [0.05, 0.1) is 6.54 Å². The van der Waals surface area contributed by atoms with E-state index in [2.05, 4.69) is 39.0 Å². The van der Waals surface area contributed by atoms with Gasteiger partial charge in [0.2, 0.25) is 0 Å². The van der Waals surface area contributed by atoms with Crippen molar-refractivity contribution in [3.8, 4) is 5.69 Å². The van der Waals surface area contributed by atoms with Crippen LogP contribution in [0.2, 0.25) is 5.02 Å². The van der Waals surface area contributed by atoms with Gasteiger partial charge in [-0.25, -0.2) is 4.79 Å². The van der Waals surface area contributed by atoms with Gasteiger partial charge >= 0.3 is 6.03 Å². The van der Waals surface area contributed by atoms with E-state index in [0.717, 1.165) is 33.9 Å². The molecule has 164 valence electrons. The fourth-order valence-electron chi connectivity index (χ4n) is 3.87. The molecule has 0 bridgehead atoms. The van der Waals surface area contributed by atoms with Gasteiger partial charge in [0.25, 0.3) is 5.91 Å². The molecule has 0 radical (unpaired) electrons. The fourth-order valence-corrected chi connectivity index (χ4v) is 4.00. The third-order valence-electron chi connectivity index (χ3n) is 5.61. The van der Waals surface area contributed by atoms with E-state index in [4.69, 9.17) is 11.6 Å². The molecule has 2 heterocycles. The summed E-state index contributed by atoms with van der Waals surface area (Å²) in [5.74, 6) is -0.343. The van der Waals surface area contributed by atoms with Crippen molar-refractivity contribution in [2.75, 3.05) is 19.0 Å². The largest absolute Gasteiger partial charge is 0.378 e. The number of nitrogens with one attached hydrogen (secondary N) is 1. The summed E-state index contributed by atoms with van der Waals surface area (Å²) in [6.45, 7) is 4.22. The second-order valence-electron chi connectivity index (χ2n) is 8.08. The molecule has 0 aliphatic carbocycles. The minimum Gasteiger partial charge on any atom is -0.378 e. The van der Waals surface area contributed by atoms with Gasteiger partial charge in [-0.1, -0.05) is 23.7 Å². The number of benzene rings is 2. The van der Waals surface area contributed by atoms with Crippen LogP contribution in [0.3, 0.4) is 0 Å². The first-order valence-corrected chi connectivity index (χ1v) is 10.7. The minimum atomic E-state index is -0.427. The van der Waals surface area contributed by atoms with Crippen LogP contribution in [0.4, 0.5) is 10.5 Å². The number of anilines is 1. The number of halogens is 1. The predicted molar refractivity (Wildman–Crippen MR) is 128 cm³/mol. The minimum absolute atomic E-state index is 0.191. The molecule has 1 aliphatic heterocycles. The Balaban J connectivity index is 1.60. The lowest BCUT2D eigenvalue weighted by Crippen LogP contribution is -2.30. The van der Waals surface area contributed by atoms with E-state index < -0.39 is 6.03 Å². The summed E-state index contributed by atoms with van der Waals surface area (Å²) < 4.78 is 2.14. The number of urea groups is 1. The molecule has 0 unspecified atom stereocenters. The van der Waals surface area contributed by atoms with Crippen molar-refractivity contribution in [3.05, 3.63) is 87.8 Å². The van der Waals surface area contributed by atoms with Crippen LogP contribution in [0.25, 0.3) is 11.8 Å². The molecule has 0 spiro atoms. The van der Waals surface area contributed by atoms with Crippen molar-refractivity contribution in [1.82, 2.24) is 14.8 Å². The van der Waals surface area contributed by atoms with E-state index in [-0.39, 0.29) is 18.1 Å². The van der Waals surface area contributed by atoms with Crippen LogP contribution in [0.15, 0.2) is 60.3 Å². The van der Waals surface area contributed by atoms with Gasteiger partial charge in [0.15, 0.2) is 0 Å². The first kappa shape index (κ1) is 21.7. The van der Waals surface area contributed by atoms with E-state index in [1.54, 1.807) is 30.3 Å². The second kappa shape index (κ2) is 8.55. The van der Waals surface area contributed by atoms with Crippen molar-refractivity contribution in [2.45, 2.75) is 20.4 Å². The highest BCUT2D eigenvalue weighted by Crippen LogP contribution is 2.25. The Morgan fingerprint density at radius 3 is 2.28 bits per heavy atom. The van der Waals surface area contributed by atoms with Gasteiger partial charge in [-0.05, 0) is 73.5 Å². The quantitative estimate of drug-likeness (QED) is 0.446. The van der Waals surface area contributed by atoms with Crippen molar-refractivity contribution < 1.29 is 9.59 Å². The summed E-state index contributed by atoms with van der Waals surface area (Å²) in [7, 11) is 4.02. The maximum Gasteiger partial charge on any atom is 0.329 e. The van der Waals surface area contributed by atoms with Crippen LogP contribution in [-0.2, 0) is 11.3 Å². The highest BCUT2D eigenvalue weighted by atomic mass is 35.5. The Hall–Kier alpha value is -3.51. The molecule has 1 aromatic heterocycles. The number of aromatic nitrogens is 1. The predicted octanol–water partition coefficient (Wildman–Crippen LogP) is 4.91. The first-order valence-electron chi connectivity index (χ1n) is 10.3. The molecular weight excluding hydrogens is 424 g/mol. The maximum absolute atomic E-state index is 12.9. The number of carbonyl (C=O) groups excluding carboxylic acids is 2. The SMILES string of the molecule is Cc1cc(/C=C2\NC(=O)N(Cc3ccc(Cl)cc3)C2=O)c(C)n1-c1ccc(N(C)C)cc1. The van der Waals surface area contributed by atoms with E-state index >= 15 is 0 Å². The van der Waals surface area contributed by atoms with Crippen LogP contribution < -0.4 is 10.2 Å². The van der Waals surface area contributed by atoms with Crippen molar-refractivity contribution >= 4 is 35.3 Å². The van der Waals surface area contributed by atoms with E-state index in [0.29, 0.717) is 5.02 Å². The van der Waals surface area contributed by atoms with Crippen molar-refractivity contribution in [3.63, 3.8) is 0 Å². The van der Waals surface area contributed by atoms with Crippen LogP contribution in [0.5, 0.6) is 0 Å². The first-order chi connectivity index (χ1) is 15.2. The molecule has 1 aliphatic rings. The Bertz CT molecular complexity index is 1210. The number of rotatable bonds is 5. The summed E-state index contributed by atoms with van der Waals surface area (Å²) in [4.78, 5) is 28.6. The summed E-state index contributed by atoms with van der Waals surface area (Å²) in [5, 5.41) is 3.32. The van der Waals surface area contributed by atoms with Crippen molar-refractivity contribution in [1.29, 1.82) is 0 Å². The molecule has 2 aromatic carbocycles. The lowest BCUT2D eigenvalue weighted by Gasteiger charge is -2.15. The monoisotopic (exact) mass is 448 g/mol. The van der Waals surface area contributed by atoms with Crippen LogP contribution in [-0.4, -0.2) is 35.5 Å². The molecular formula is C25H25ClN4O2. The highest BCUT2D eigenvalue weighted by Gasteiger charge is 2.33. The summed E-state index contributed by atoms with van der Waals surface area (Å²) in [6, 6.07) is 17.0. The second-order valence-corrected chi connectivity index (χ2v) is 8.52. The molecule has 6 nitrogen and oxygen atoms in total. The Morgan fingerprint density at radius 2 is 1.66 bits per heavy atom. The number of nitrogens with zero attached hydrogens (tertiary/aromatic N) is 3. The molecule has 0 atom stereocenters. The summed E-state index contributed by atoms with van der Waals surface area (Å²) in [6.07, 6.45) is 1.75. The van der Waals surface area contributed by atoms with Crippen LogP contribution >= 0.6 is 11.6 Å². The summed E-state index contributed by atoms with van der Waals surface area (Å²) in [5.41, 5.74) is 6.19. The molecule has 32 heavy (non-hydrogen) atoms. The molecule has 7 heteroatoms. The standard InChI is InChI=1S/C25H25ClN4O2/c1-16-13-19(17(2)30(16)22-11-9-21(10-12-22)28(3)4)14-23-24(31)29(25(32)27-23)15-18-5-7-20(26)8-6-18/h5-14H,15H2,1-4H3,(H,27,32)/b23-14-. The van der Waals surface area contributed by atoms with Crippen LogP contribution in [0.1, 0.15) is 22.5 Å². The zero-order chi connectivity index (χ0) is 23.0. The van der Waals surface area contributed by atoms with E-state index in [1.807, 2.05) is 34.0 Å². The van der Waals surface area contributed by atoms with E-state index in [9.17, 15) is 9.59 Å². The number of amides is 3. The third kappa shape index (κ3) is 4.14. The molecule has 3 aromatic rings. The average Bonchev–Trinajstić information content (AvgIpc) is 3.19. The number of hydrogen-bond acceptors (Lipinski definition) is 3. The smallest absolute Gasteiger partial charge is 0.329 e. The number of hydrogen-bond donors (Lipinski definition) is 1. The molecule has 1 saturated heterocycles. The molecule has 4 rings (SSSR count). The topological polar surface area (TPSA) is 57.6 Å². The van der Waals surface area contributed by atoms with Crippen LogP contribution in [0, 0.1) is 13.8 Å². The Labute approximate surface area is 192 Å². The van der Waals surface area contributed by atoms with Gasteiger partial charge in [-0.15, -0.1) is 0 Å². The van der Waals surface area contributed by atoms with Gasteiger partial charge in [0.1, 0.15) is 5.70 Å². The van der Waals surface area contributed by atoms with Crippen molar-refractivity contribution in [2.24, 2.45) is 0 Å². The molecule has 1 fully saturated rings. The third-order valence-corrected chi connectivity index (χ3v) is 5.86. The highest BCUT2D eigenvalue weighted by molar-refractivity contribution is 6.30.